The van der Waals surface area contributed by atoms with Gasteiger partial charge in [0, 0.05) is 6.20 Å². The molecule has 2 aromatic carbocycles. The average Bonchev–Trinajstić information content (AvgIpc) is 2.87. The van der Waals surface area contributed by atoms with Gasteiger partial charge in [-0.25, -0.2) is 9.78 Å². The molecule has 6 heteroatoms. The van der Waals surface area contributed by atoms with Crippen molar-refractivity contribution in [1.82, 2.24) is 15.2 Å². The van der Waals surface area contributed by atoms with E-state index in [1.54, 1.807) is 25.3 Å². The summed E-state index contributed by atoms with van der Waals surface area (Å²) in [6.07, 6.45) is 1.57. The summed E-state index contributed by atoms with van der Waals surface area (Å²) in [6, 6.07) is 16.6. The molecule has 3 amide bonds. The van der Waals surface area contributed by atoms with E-state index < -0.39 is 11.6 Å². The fourth-order valence-corrected chi connectivity index (χ4v) is 3.48. The molecule has 2 heterocycles. The molecule has 26 heavy (non-hydrogen) atoms. The molecule has 1 aromatic heterocycles. The maximum absolute atomic E-state index is 13.1. The van der Waals surface area contributed by atoms with E-state index in [0.29, 0.717) is 5.15 Å². The molecule has 1 unspecified atom stereocenters. The van der Waals surface area contributed by atoms with E-state index in [0.717, 1.165) is 21.9 Å². The number of urea groups is 1. The van der Waals surface area contributed by atoms with Crippen LogP contribution in [0, 0.1) is 0 Å². The van der Waals surface area contributed by atoms with Crippen molar-refractivity contribution in [3.63, 3.8) is 0 Å². The number of aromatic nitrogens is 1. The molecule has 0 spiro atoms. The first-order valence-corrected chi connectivity index (χ1v) is 8.59. The Hall–Kier alpha value is -2.92. The normalized spacial score (nSPS) is 19.8. The van der Waals surface area contributed by atoms with Crippen molar-refractivity contribution in [2.24, 2.45) is 0 Å². The maximum atomic E-state index is 13.1. The summed E-state index contributed by atoms with van der Waals surface area (Å²) in [4.78, 5) is 30.9. The molecule has 1 aliphatic rings. The topological polar surface area (TPSA) is 62.3 Å². The van der Waals surface area contributed by atoms with Crippen molar-refractivity contribution in [2.75, 3.05) is 0 Å². The summed E-state index contributed by atoms with van der Waals surface area (Å²) >= 11 is 5.80. The molecule has 5 nitrogen and oxygen atoms in total. The van der Waals surface area contributed by atoms with Gasteiger partial charge in [-0.1, -0.05) is 60.1 Å². The fraction of sp³-hybridized carbons (Fsp3) is 0.150. The molecular weight excluding hydrogens is 350 g/mol. The van der Waals surface area contributed by atoms with Crippen molar-refractivity contribution in [1.29, 1.82) is 0 Å². The quantitative estimate of drug-likeness (QED) is 0.566. The van der Waals surface area contributed by atoms with Gasteiger partial charge < -0.3 is 5.32 Å². The van der Waals surface area contributed by atoms with Crippen molar-refractivity contribution >= 4 is 34.3 Å². The highest BCUT2D eigenvalue weighted by Crippen LogP contribution is 2.34. The zero-order valence-corrected chi connectivity index (χ0v) is 14.8. The monoisotopic (exact) mass is 365 g/mol. The van der Waals surface area contributed by atoms with E-state index >= 15 is 0 Å². The van der Waals surface area contributed by atoms with Gasteiger partial charge in [0.1, 0.15) is 10.7 Å². The minimum absolute atomic E-state index is 0.148. The minimum atomic E-state index is -1.11. The van der Waals surface area contributed by atoms with Gasteiger partial charge in [-0.05, 0) is 34.9 Å². The van der Waals surface area contributed by atoms with Crippen LogP contribution in [-0.2, 0) is 16.9 Å². The summed E-state index contributed by atoms with van der Waals surface area (Å²) in [5, 5.41) is 5.20. The van der Waals surface area contributed by atoms with Gasteiger partial charge in [-0.15, -0.1) is 0 Å². The number of nitrogens with zero attached hydrogens (tertiary/aromatic N) is 2. The number of fused-ring (bicyclic) bond motifs is 1. The van der Waals surface area contributed by atoms with Crippen molar-refractivity contribution < 1.29 is 9.59 Å². The van der Waals surface area contributed by atoms with E-state index in [1.807, 2.05) is 42.5 Å². The largest absolute Gasteiger partial charge is 0.325 e. The third-order valence-corrected chi connectivity index (χ3v) is 4.96. The molecule has 0 saturated carbocycles. The number of hydrogen-bond donors (Lipinski definition) is 1. The molecule has 4 rings (SSSR count). The molecule has 1 fully saturated rings. The highest BCUT2D eigenvalue weighted by atomic mass is 35.5. The van der Waals surface area contributed by atoms with Crippen LogP contribution in [0.4, 0.5) is 4.79 Å². The summed E-state index contributed by atoms with van der Waals surface area (Å²) in [6.45, 7) is 1.89. The molecule has 0 bridgehead atoms. The Kier molecular flexibility index (Phi) is 3.89. The highest BCUT2D eigenvalue weighted by Gasteiger charge is 2.49. The summed E-state index contributed by atoms with van der Waals surface area (Å²) in [5.41, 5.74) is 0.406. The SMILES string of the molecule is CC1(c2cccc3ccccc23)NC(=O)N(Cc2ccc(Cl)nc2)C1=O. The van der Waals surface area contributed by atoms with Crippen molar-refractivity contribution in [3.8, 4) is 0 Å². The van der Waals surface area contributed by atoms with Crippen LogP contribution in [0.3, 0.4) is 0 Å². The maximum Gasteiger partial charge on any atom is 0.325 e. The highest BCUT2D eigenvalue weighted by molar-refractivity contribution is 6.29. The van der Waals surface area contributed by atoms with Crippen LogP contribution in [0.5, 0.6) is 0 Å². The second-order valence-corrected chi connectivity index (χ2v) is 6.85. The molecule has 1 saturated heterocycles. The fourth-order valence-electron chi connectivity index (χ4n) is 3.37. The molecule has 3 aromatic rings. The lowest BCUT2D eigenvalue weighted by Gasteiger charge is -2.24. The number of carbonyl (C=O) groups excluding carboxylic acids is 2. The number of carbonyl (C=O) groups is 2. The summed E-state index contributed by atoms with van der Waals surface area (Å²) in [7, 11) is 0. The lowest BCUT2D eigenvalue weighted by atomic mass is 9.88. The Balaban J connectivity index is 1.72. The second kappa shape index (κ2) is 6.11. The molecule has 1 atom stereocenters. The number of rotatable bonds is 3. The number of benzene rings is 2. The molecule has 0 radical (unpaired) electrons. The summed E-state index contributed by atoms with van der Waals surface area (Å²) in [5.74, 6) is -0.284. The third kappa shape index (κ3) is 2.61. The van der Waals surface area contributed by atoms with Gasteiger partial charge in [-0.2, -0.15) is 0 Å². The Morgan fingerprint density at radius 2 is 1.85 bits per heavy atom. The van der Waals surface area contributed by atoms with Crippen molar-refractivity contribution in [3.05, 3.63) is 77.1 Å². The number of imide groups is 1. The molecular formula is C20H16ClN3O2. The second-order valence-electron chi connectivity index (χ2n) is 6.46. The molecule has 1 N–H and O–H groups in total. The van der Waals surface area contributed by atoms with Crippen molar-refractivity contribution in [2.45, 2.75) is 19.0 Å². The van der Waals surface area contributed by atoms with Gasteiger partial charge in [0.15, 0.2) is 0 Å². The average molecular weight is 366 g/mol. The Bertz CT molecular complexity index is 1010. The van der Waals surface area contributed by atoms with Crippen LogP contribution in [-0.4, -0.2) is 21.8 Å². The number of pyridine rings is 1. The van der Waals surface area contributed by atoms with E-state index in [4.69, 9.17) is 11.6 Å². The predicted octanol–water partition coefficient (Wildman–Crippen LogP) is 3.86. The zero-order chi connectivity index (χ0) is 18.3. The first-order chi connectivity index (χ1) is 12.5. The third-order valence-electron chi connectivity index (χ3n) is 4.73. The number of hydrogen-bond acceptors (Lipinski definition) is 3. The van der Waals surface area contributed by atoms with E-state index in [-0.39, 0.29) is 12.5 Å². The summed E-state index contributed by atoms with van der Waals surface area (Å²) < 4.78 is 0. The Labute approximate surface area is 155 Å². The molecule has 130 valence electrons. The van der Waals surface area contributed by atoms with Crippen LogP contribution in [0.15, 0.2) is 60.8 Å². The smallest absolute Gasteiger partial charge is 0.319 e. The zero-order valence-electron chi connectivity index (χ0n) is 14.1. The van der Waals surface area contributed by atoms with Gasteiger partial charge in [0.2, 0.25) is 0 Å². The number of nitrogens with one attached hydrogen (secondary N) is 1. The van der Waals surface area contributed by atoms with Gasteiger partial charge in [0.05, 0.1) is 6.54 Å². The standard InChI is InChI=1S/C20H16ClN3O2/c1-20(16-8-4-6-14-5-2-3-7-15(14)16)18(25)24(19(26)23-20)12-13-9-10-17(21)22-11-13/h2-11H,12H2,1H3,(H,23,26). The number of amides is 3. The van der Waals surface area contributed by atoms with Crippen LogP contribution < -0.4 is 5.32 Å². The van der Waals surface area contributed by atoms with Crippen LogP contribution in [0.2, 0.25) is 5.15 Å². The van der Waals surface area contributed by atoms with Crippen LogP contribution in [0.25, 0.3) is 10.8 Å². The minimum Gasteiger partial charge on any atom is -0.319 e. The lowest BCUT2D eigenvalue weighted by molar-refractivity contribution is -0.131. The van der Waals surface area contributed by atoms with Crippen LogP contribution >= 0.6 is 11.6 Å². The van der Waals surface area contributed by atoms with Crippen LogP contribution in [0.1, 0.15) is 18.1 Å². The van der Waals surface area contributed by atoms with E-state index in [2.05, 4.69) is 10.3 Å². The Morgan fingerprint density at radius 3 is 2.62 bits per heavy atom. The first kappa shape index (κ1) is 16.5. The van der Waals surface area contributed by atoms with E-state index in [9.17, 15) is 9.59 Å². The molecule has 1 aliphatic heterocycles. The van der Waals surface area contributed by atoms with Gasteiger partial charge in [0.25, 0.3) is 5.91 Å². The van der Waals surface area contributed by atoms with E-state index in [1.165, 1.54) is 4.90 Å². The first-order valence-electron chi connectivity index (χ1n) is 8.22. The van der Waals surface area contributed by atoms with Gasteiger partial charge in [-0.3, -0.25) is 9.69 Å². The molecule has 0 aliphatic carbocycles. The number of halogens is 1. The lowest BCUT2D eigenvalue weighted by Crippen LogP contribution is -2.41. The van der Waals surface area contributed by atoms with Gasteiger partial charge >= 0.3 is 6.03 Å². The predicted molar refractivity (Wildman–Crippen MR) is 99.6 cm³/mol. The Morgan fingerprint density at radius 1 is 1.08 bits per heavy atom.